The molecule has 124 valence electrons. The van der Waals surface area contributed by atoms with Gasteiger partial charge >= 0.3 is 0 Å². The molecule has 0 radical (unpaired) electrons. The smallest absolute Gasteiger partial charge is 0.253 e. The van der Waals surface area contributed by atoms with E-state index in [1.54, 1.807) is 14.2 Å². The van der Waals surface area contributed by atoms with Gasteiger partial charge in [-0.3, -0.25) is 4.79 Å². The van der Waals surface area contributed by atoms with Gasteiger partial charge in [0.1, 0.15) is 12.5 Å². The van der Waals surface area contributed by atoms with Gasteiger partial charge in [-0.25, -0.2) is 0 Å². The Morgan fingerprint density at radius 3 is 2.50 bits per heavy atom. The quantitative estimate of drug-likeness (QED) is 0.451. The van der Waals surface area contributed by atoms with Crippen LogP contribution in [0.25, 0.3) is 0 Å². The van der Waals surface area contributed by atoms with Crippen molar-refractivity contribution >= 4 is 19.2 Å². The fraction of sp³-hybridized carbons (Fsp3) is 0.562. The Balaban J connectivity index is 3.31. The van der Waals surface area contributed by atoms with E-state index in [-0.39, 0.29) is 12.7 Å². The third-order valence-corrected chi connectivity index (χ3v) is 5.35. The molecule has 0 aliphatic rings. The fourth-order valence-corrected chi connectivity index (χ4v) is 4.38. The zero-order chi connectivity index (χ0) is 16.8. The maximum atomic E-state index is 12.3. The Labute approximate surface area is 134 Å². The van der Waals surface area contributed by atoms with E-state index in [1.807, 2.05) is 25.1 Å². The first kappa shape index (κ1) is 18.7. The van der Waals surface area contributed by atoms with Crippen LogP contribution in [-0.2, 0) is 14.3 Å². The lowest BCUT2D eigenvalue weighted by atomic mass is 10.1. The van der Waals surface area contributed by atoms with E-state index in [4.69, 9.17) is 14.2 Å². The Morgan fingerprint density at radius 1 is 1.32 bits per heavy atom. The highest BCUT2D eigenvalue weighted by atomic mass is 28.3. The van der Waals surface area contributed by atoms with Crippen molar-refractivity contribution in [3.63, 3.8) is 0 Å². The van der Waals surface area contributed by atoms with Gasteiger partial charge in [-0.15, -0.1) is 0 Å². The van der Waals surface area contributed by atoms with Crippen LogP contribution in [0.15, 0.2) is 18.2 Å². The minimum absolute atomic E-state index is 0.0803. The first-order valence-electron chi connectivity index (χ1n) is 7.45. The van der Waals surface area contributed by atoms with Gasteiger partial charge in [-0.05, 0) is 23.7 Å². The second-order valence-corrected chi connectivity index (χ2v) is 10.9. The van der Waals surface area contributed by atoms with Crippen LogP contribution in [0.1, 0.15) is 18.6 Å². The monoisotopic (exact) mass is 325 g/mol. The zero-order valence-electron chi connectivity index (χ0n) is 14.4. The molecule has 1 aromatic rings. The number of methoxy groups -OCH3 is 1. The molecule has 0 heterocycles. The number of benzene rings is 1. The molecule has 0 spiro atoms. The molecule has 5 nitrogen and oxygen atoms in total. The number of carbonyl (C=O) groups excluding carboxylic acids is 1. The van der Waals surface area contributed by atoms with E-state index >= 15 is 0 Å². The molecule has 22 heavy (non-hydrogen) atoms. The summed E-state index contributed by atoms with van der Waals surface area (Å²) in [6.45, 7) is 9.17. The molecule has 0 bridgehead atoms. The normalized spacial score (nSPS) is 12.8. The van der Waals surface area contributed by atoms with E-state index in [9.17, 15) is 4.79 Å². The lowest BCUT2D eigenvalue weighted by molar-refractivity contribution is -0.144. The van der Waals surface area contributed by atoms with Crippen molar-refractivity contribution in [2.45, 2.75) is 32.7 Å². The minimum atomic E-state index is -1.74. The molecule has 1 unspecified atom stereocenters. The van der Waals surface area contributed by atoms with E-state index in [0.717, 1.165) is 16.5 Å². The summed E-state index contributed by atoms with van der Waals surface area (Å²) in [7, 11) is 1.52. The number of likely N-dealkylation sites (N-methyl/N-ethyl adjacent to an activating group) is 1. The van der Waals surface area contributed by atoms with E-state index in [1.165, 1.54) is 0 Å². The largest absolute Gasteiger partial charge is 0.497 e. The van der Waals surface area contributed by atoms with Gasteiger partial charge in [-0.1, -0.05) is 31.8 Å². The Kier molecular flexibility index (Phi) is 7.05. The van der Waals surface area contributed by atoms with Crippen LogP contribution >= 0.6 is 0 Å². The Hall–Kier alpha value is -1.37. The Morgan fingerprint density at radius 2 is 2.00 bits per heavy atom. The van der Waals surface area contributed by atoms with E-state index < -0.39 is 14.2 Å². The van der Waals surface area contributed by atoms with Gasteiger partial charge in [0, 0.05) is 13.7 Å². The zero-order valence-corrected chi connectivity index (χ0v) is 15.4. The lowest BCUT2D eigenvalue weighted by Crippen LogP contribution is -2.44. The molecular formula is C16H27NO4Si. The first-order valence-corrected chi connectivity index (χ1v) is 10.9. The van der Waals surface area contributed by atoms with Crippen molar-refractivity contribution in [2.75, 3.05) is 27.6 Å². The van der Waals surface area contributed by atoms with Gasteiger partial charge in [0.05, 0.1) is 15.2 Å². The summed E-state index contributed by atoms with van der Waals surface area (Å²) in [6.07, 6.45) is -0.701. The number of carbonyl (C=O) groups is 1. The van der Waals surface area contributed by atoms with E-state index in [0.29, 0.717) is 6.61 Å². The first-order chi connectivity index (χ1) is 10.4. The fourth-order valence-electron chi connectivity index (χ4n) is 2.38. The van der Waals surface area contributed by atoms with Gasteiger partial charge in [0.25, 0.3) is 5.91 Å². The summed E-state index contributed by atoms with van der Waals surface area (Å²) in [6, 6.07) is 5.75. The lowest BCUT2D eigenvalue weighted by Gasteiger charge is -2.27. The Bertz CT molecular complexity index is 499. The number of amides is 1. The second kappa shape index (κ2) is 8.31. The van der Waals surface area contributed by atoms with Crippen molar-refractivity contribution in [1.29, 1.82) is 0 Å². The molecule has 1 N–H and O–H groups in total. The topological polar surface area (TPSA) is 56.8 Å². The third kappa shape index (κ3) is 4.56. The van der Waals surface area contributed by atoms with Crippen molar-refractivity contribution in [3.05, 3.63) is 23.8 Å². The van der Waals surface area contributed by atoms with Crippen molar-refractivity contribution < 1.29 is 19.0 Å². The number of nitrogens with one attached hydrogen (secondary N) is 1. The minimum Gasteiger partial charge on any atom is -0.497 e. The van der Waals surface area contributed by atoms with Crippen LogP contribution in [0.2, 0.25) is 19.6 Å². The summed E-state index contributed by atoms with van der Waals surface area (Å²) < 4.78 is 16.4. The summed E-state index contributed by atoms with van der Waals surface area (Å²) in [5.74, 6) is 0.623. The summed E-state index contributed by atoms with van der Waals surface area (Å²) in [4.78, 5) is 12.3. The van der Waals surface area contributed by atoms with Crippen LogP contribution in [-0.4, -0.2) is 41.5 Å². The predicted octanol–water partition coefficient (Wildman–Crippen LogP) is 2.04. The number of hydrogen-bond acceptors (Lipinski definition) is 4. The van der Waals surface area contributed by atoms with Crippen LogP contribution in [0.4, 0.5) is 0 Å². The maximum Gasteiger partial charge on any atom is 0.253 e. The van der Waals surface area contributed by atoms with Crippen LogP contribution in [0.5, 0.6) is 5.75 Å². The van der Waals surface area contributed by atoms with Crippen molar-refractivity contribution in [1.82, 2.24) is 5.32 Å². The molecule has 6 heteroatoms. The highest BCUT2D eigenvalue weighted by molar-refractivity contribution is 6.89. The van der Waals surface area contributed by atoms with Crippen LogP contribution in [0.3, 0.4) is 0 Å². The van der Waals surface area contributed by atoms with E-state index in [2.05, 4.69) is 25.0 Å². The van der Waals surface area contributed by atoms with Gasteiger partial charge in [-0.2, -0.15) is 0 Å². The number of rotatable bonds is 8. The van der Waals surface area contributed by atoms with Crippen LogP contribution < -0.4 is 15.2 Å². The van der Waals surface area contributed by atoms with Gasteiger partial charge < -0.3 is 19.5 Å². The predicted molar refractivity (Wildman–Crippen MR) is 90.4 cm³/mol. The molecule has 0 aromatic heterocycles. The van der Waals surface area contributed by atoms with Crippen molar-refractivity contribution in [3.8, 4) is 5.75 Å². The molecule has 0 saturated carbocycles. The average molecular weight is 325 g/mol. The highest BCUT2D eigenvalue weighted by Crippen LogP contribution is 2.24. The number of hydrogen-bond donors (Lipinski definition) is 1. The van der Waals surface area contributed by atoms with Crippen LogP contribution in [0, 0.1) is 0 Å². The highest BCUT2D eigenvalue weighted by Gasteiger charge is 2.31. The molecule has 1 atom stereocenters. The molecular weight excluding hydrogens is 298 g/mol. The van der Waals surface area contributed by atoms with Crippen molar-refractivity contribution in [2.24, 2.45) is 0 Å². The average Bonchev–Trinajstić information content (AvgIpc) is 2.49. The molecule has 1 rings (SSSR count). The molecule has 0 saturated heterocycles. The molecule has 1 amide bonds. The van der Waals surface area contributed by atoms with Gasteiger partial charge in [0.2, 0.25) is 0 Å². The molecule has 0 fully saturated rings. The molecule has 0 aliphatic carbocycles. The molecule has 0 aliphatic heterocycles. The summed E-state index contributed by atoms with van der Waals surface area (Å²) in [5.41, 5.74) is 0.859. The maximum absolute atomic E-state index is 12.3. The standard InChI is InChI=1S/C16H27NO4Si/c1-7-20-11-21-14(16(18)17-2)12-9-8-10-13(19-3)15(12)22(4,5)6/h8-10,14H,7,11H2,1-6H3,(H,17,18). The number of ether oxygens (including phenoxy) is 3. The summed E-state index contributed by atoms with van der Waals surface area (Å²) >= 11 is 0. The SMILES string of the molecule is CCOCOC(C(=O)NC)c1cccc(OC)c1[Si](C)(C)C. The summed E-state index contributed by atoms with van der Waals surface area (Å²) in [5, 5.41) is 3.76. The third-order valence-electron chi connectivity index (χ3n) is 3.32. The van der Waals surface area contributed by atoms with Gasteiger partial charge in [0.15, 0.2) is 6.10 Å². The second-order valence-electron chi connectivity index (χ2n) is 5.95. The molecule has 1 aromatic carbocycles.